The van der Waals surface area contributed by atoms with Gasteiger partial charge in [-0.3, -0.25) is 0 Å². The zero-order valence-electron chi connectivity index (χ0n) is 15.6. The van der Waals surface area contributed by atoms with E-state index >= 15 is 0 Å². The van der Waals surface area contributed by atoms with Gasteiger partial charge in [0.15, 0.2) is 0 Å². The zero-order valence-corrected chi connectivity index (χ0v) is 17.5. The molecule has 2 heterocycles. The summed E-state index contributed by atoms with van der Waals surface area (Å²) in [6.45, 7) is 2.16. The van der Waals surface area contributed by atoms with E-state index in [-0.39, 0.29) is 12.4 Å². The fraction of sp³-hybridized carbons (Fsp3) is 0.400. The number of aromatic hydroxyl groups is 1. The molecule has 0 radical (unpaired) electrons. The van der Waals surface area contributed by atoms with E-state index in [1.54, 1.807) is 36.5 Å². The quantitative estimate of drug-likeness (QED) is 0.445. The molecule has 1 aliphatic rings. The van der Waals surface area contributed by atoms with Crippen LogP contribution in [0.2, 0.25) is 9.91 Å². The van der Waals surface area contributed by atoms with Gasteiger partial charge in [-0.15, -0.1) is 0 Å². The van der Waals surface area contributed by atoms with Crippen molar-refractivity contribution >= 4 is 25.0 Å². The molecule has 7 nitrogen and oxygen atoms in total. The van der Waals surface area contributed by atoms with E-state index in [2.05, 4.69) is 10.3 Å². The molecule has 3 rings (SSSR count). The Hall–Kier alpha value is -2.08. The Balaban J connectivity index is 1.67. The van der Waals surface area contributed by atoms with Gasteiger partial charge in [0, 0.05) is 0 Å². The van der Waals surface area contributed by atoms with Crippen molar-refractivity contribution in [2.45, 2.75) is 28.9 Å². The van der Waals surface area contributed by atoms with Crippen LogP contribution < -0.4 is 20.3 Å². The first-order valence-electron chi connectivity index (χ1n) is 9.36. The summed E-state index contributed by atoms with van der Waals surface area (Å²) in [5, 5.41) is 24.0. The number of primary amides is 1. The molecule has 1 fully saturated rings. The van der Waals surface area contributed by atoms with Gasteiger partial charge < -0.3 is 0 Å². The minimum atomic E-state index is -1.67. The number of aliphatic hydroxyl groups excluding tert-OH is 1. The SMILES string of the molecule is NC(=O)c1ccc([As](CC(O)COc2ccc(O)cc2)C2CCNCC2)nc1. The molecule has 1 aromatic heterocycles. The summed E-state index contributed by atoms with van der Waals surface area (Å²) in [5.74, 6) is 0.307. The van der Waals surface area contributed by atoms with Crippen LogP contribution in [0.15, 0.2) is 42.6 Å². The molecule has 2 atom stereocenters. The van der Waals surface area contributed by atoms with Gasteiger partial charge in [-0.1, -0.05) is 0 Å². The molecule has 0 spiro atoms. The number of ether oxygens (including phenoxy) is 1. The number of aromatic nitrogens is 1. The Labute approximate surface area is 169 Å². The Morgan fingerprint density at radius 2 is 1.96 bits per heavy atom. The van der Waals surface area contributed by atoms with E-state index in [1.165, 1.54) is 0 Å². The molecule has 2 unspecified atom stereocenters. The fourth-order valence-corrected chi connectivity index (χ4v) is 9.08. The first-order chi connectivity index (χ1) is 13.5. The Bertz CT molecular complexity index is 764. The number of aliphatic hydroxyl groups is 1. The summed E-state index contributed by atoms with van der Waals surface area (Å²) in [7, 11) is 0. The summed E-state index contributed by atoms with van der Waals surface area (Å²) in [4.78, 5) is 15.8. The van der Waals surface area contributed by atoms with Crippen molar-refractivity contribution in [2.75, 3.05) is 19.7 Å². The van der Waals surface area contributed by atoms with E-state index in [0.29, 0.717) is 21.2 Å². The van der Waals surface area contributed by atoms with Crippen molar-refractivity contribution in [1.29, 1.82) is 0 Å². The number of carbonyl (C=O) groups is 1. The van der Waals surface area contributed by atoms with Crippen LogP contribution in [0.5, 0.6) is 11.5 Å². The van der Waals surface area contributed by atoms with Gasteiger partial charge in [0.25, 0.3) is 0 Å². The third kappa shape index (κ3) is 5.71. The first kappa shape index (κ1) is 20.6. The molecule has 8 heteroatoms. The second-order valence-corrected chi connectivity index (χ2v) is 12.1. The third-order valence-electron chi connectivity index (χ3n) is 4.76. The summed E-state index contributed by atoms with van der Waals surface area (Å²) in [6.07, 6.45) is 3.09. The molecule has 5 N–H and O–H groups in total. The number of nitrogens with zero attached hydrogens (tertiary/aromatic N) is 1. The summed E-state index contributed by atoms with van der Waals surface area (Å²) in [6, 6.07) is 10.1. The average Bonchev–Trinajstić information content (AvgIpc) is 2.72. The van der Waals surface area contributed by atoms with Crippen molar-refractivity contribution in [1.82, 2.24) is 10.3 Å². The molecule has 150 valence electrons. The van der Waals surface area contributed by atoms with Gasteiger partial charge in [-0.25, -0.2) is 0 Å². The maximum atomic E-state index is 11.3. The van der Waals surface area contributed by atoms with Crippen LogP contribution in [-0.2, 0) is 0 Å². The predicted octanol–water partition coefficient (Wildman–Crippen LogP) is 0.781. The molecule has 0 bridgehead atoms. The number of piperidine rings is 1. The molecule has 28 heavy (non-hydrogen) atoms. The number of nitrogens with two attached hydrogens (primary N) is 1. The monoisotopic (exact) mass is 447 g/mol. The molecule has 1 aliphatic heterocycles. The number of phenolic OH excluding ortho intramolecular Hbond substituents is 1. The maximum absolute atomic E-state index is 11.3. The van der Waals surface area contributed by atoms with E-state index in [1.807, 2.05) is 6.07 Å². The number of amides is 1. The first-order valence-corrected chi connectivity index (χ1v) is 12.7. The number of rotatable bonds is 8. The van der Waals surface area contributed by atoms with Crippen LogP contribution in [-0.4, -0.2) is 61.6 Å². The van der Waals surface area contributed by atoms with Crippen molar-refractivity contribution in [2.24, 2.45) is 5.73 Å². The van der Waals surface area contributed by atoms with Crippen LogP contribution in [0.25, 0.3) is 0 Å². The van der Waals surface area contributed by atoms with Crippen LogP contribution in [0.1, 0.15) is 23.2 Å². The van der Waals surface area contributed by atoms with E-state index in [4.69, 9.17) is 10.5 Å². The van der Waals surface area contributed by atoms with Gasteiger partial charge in [-0.05, 0) is 0 Å². The molecule has 1 saturated heterocycles. The Morgan fingerprint density at radius 3 is 2.57 bits per heavy atom. The molecular formula is C20H26AsN3O4. The fourth-order valence-electron chi connectivity index (χ4n) is 3.26. The van der Waals surface area contributed by atoms with Crippen molar-refractivity contribution in [3.05, 3.63) is 48.2 Å². The molecule has 1 amide bonds. The van der Waals surface area contributed by atoms with Gasteiger partial charge in [-0.2, -0.15) is 0 Å². The van der Waals surface area contributed by atoms with Crippen LogP contribution >= 0.6 is 0 Å². The number of carbonyl (C=O) groups excluding carboxylic acids is 1. The topological polar surface area (TPSA) is 118 Å². The van der Waals surface area contributed by atoms with Crippen molar-refractivity contribution in [3.8, 4) is 11.5 Å². The van der Waals surface area contributed by atoms with E-state index in [9.17, 15) is 15.0 Å². The van der Waals surface area contributed by atoms with Gasteiger partial charge >= 0.3 is 169 Å². The van der Waals surface area contributed by atoms with Crippen molar-refractivity contribution < 1.29 is 19.7 Å². The summed E-state index contributed by atoms with van der Waals surface area (Å²) in [5.41, 5.74) is 5.72. The number of pyridine rings is 1. The minimum absolute atomic E-state index is 0.178. The van der Waals surface area contributed by atoms with Crippen LogP contribution in [0.3, 0.4) is 0 Å². The molecular weight excluding hydrogens is 421 g/mol. The number of phenols is 1. The predicted molar refractivity (Wildman–Crippen MR) is 108 cm³/mol. The van der Waals surface area contributed by atoms with E-state index < -0.39 is 26.7 Å². The molecule has 0 aliphatic carbocycles. The van der Waals surface area contributed by atoms with Gasteiger partial charge in [0.05, 0.1) is 0 Å². The second kappa shape index (κ2) is 9.91. The number of benzene rings is 1. The van der Waals surface area contributed by atoms with Gasteiger partial charge in [0.1, 0.15) is 0 Å². The second-order valence-electron chi connectivity index (χ2n) is 6.86. The molecule has 1 aromatic carbocycles. The molecule has 0 saturated carbocycles. The Morgan fingerprint density at radius 1 is 1.25 bits per heavy atom. The number of nitrogens with one attached hydrogen (secondary N) is 1. The Kier molecular flexibility index (Phi) is 7.31. The van der Waals surface area contributed by atoms with Crippen molar-refractivity contribution in [3.63, 3.8) is 0 Å². The van der Waals surface area contributed by atoms with Crippen LogP contribution in [0.4, 0.5) is 0 Å². The van der Waals surface area contributed by atoms with Gasteiger partial charge in [0.2, 0.25) is 0 Å². The average molecular weight is 447 g/mol. The summed E-state index contributed by atoms with van der Waals surface area (Å²) < 4.78 is 7.22. The summed E-state index contributed by atoms with van der Waals surface area (Å²) >= 11 is -1.67. The van der Waals surface area contributed by atoms with Crippen LogP contribution in [0, 0.1) is 0 Å². The normalized spacial score (nSPS) is 17.0. The standard InChI is InChI=1S/C20H26AsN3O4/c22-20(27)14-1-6-19(24-12-14)21(15-7-9-23-10-8-15)11-17(26)13-28-18-4-2-16(25)3-5-18/h1-6,12,15,17,23,25-26H,7-11,13H2,(H2,22,27). The number of hydrogen-bond acceptors (Lipinski definition) is 6. The number of hydrogen-bond donors (Lipinski definition) is 4. The molecule has 2 aromatic rings. The van der Waals surface area contributed by atoms with E-state index in [0.717, 1.165) is 30.4 Å². The third-order valence-corrected chi connectivity index (χ3v) is 11.2. The zero-order chi connectivity index (χ0) is 19.9.